The first-order chi connectivity index (χ1) is 16.9. The zero-order valence-electron chi connectivity index (χ0n) is 20.4. The Balaban J connectivity index is 1.44. The summed E-state index contributed by atoms with van der Waals surface area (Å²) in [6.07, 6.45) is 2.68. The van der Waals surface area contributed by atoms with Gasteiger partial charge in [0.1, 0.15) is 24.0 Å². The van der Waals surface area contributed by atoms with E-state index in [1.807, 2.05) is 49.4 Å². The molecule has 7 nitrogen and oxygen atoms in total. The minimum Gasteiger partial charge on any atom is -0.488 e. The zero-order valence-corrected chi connectivity index (χ0v) is 20.4. The Bertz CT molecular complexity index is 1260. The highest BCUT2D eigenvalue weighted by Gasteiger charge is 2.30. The molecule has 1 amide bonds. The summed E-state index contributed by atoms with van der Waals surface area (Å²) >= 11 is 0. The average molecular weight is 474 g/mol. The molecule has 182 valence electrons. The molecule has 0 radical (unpaired) electrons. The molecule has 0 bridgehead atoms. The predicted molar refractivity (Wildman–Crippen MR) is 135 cm³/mol. The highest BCUT2D eigenvalue weighted by atomic mass is 16.6. The molecule has 0 spiro atoms. The van der Waals surface area contributed by atoms with Gasteiger partial charge in [0.25, 0.3) is 0 Å². The lowest BCUT2D eigenvalue weighted by atomic mass is 10.1. The molecule has 1 saturated heterocycles. The molecule has 2 atom stereocenters. The quantitative estimate of drug-likeness (QED) is 0.437. The molecule has 2 aliphatic rings. The molecule has 1 N–H and O–H groups in total. The van der Waals surface area contributed by atoms with Crippen molar-refractivity contribution < 1.29 is 19.0 Å². The van der Waals surface area contributed by atoms with Crippen molar-refractivity contribution in [1.82, 2.24) is 4.57 Å². The third-order valence-corrected chi connectivity index (χ3v) is 6.78. The third kappa shape index (κ3) is 4.85. The number of hydrogen-bond donors (Lipinski definition) is 1. The van der Waals surface area contributed by atoms with Crippen molar-refractivity contribution in [3.63, 3.8) is 0 Å². The van der Waals surface area contributed by atoms with Crippen molar-refractivity contribution in [3.8, 4) is 23.1 Å². The molecule has 2 heterocycles. The van der Waals surface area contributed by atoms with E-state index in [4.69, 9.17) is 14.2 Å². The van der Waals surface area contributed by atoms with Crippen LogP contribution >= 0.6 is 0 Å². The van der Waals surface area contributed by atoms with E-state index in [1.165, 1.54) is 0 Å². The highest BCUT2D eigenvalue weighted by Crippen LogP contribution is 2.38. The molecular weight excluding hydrogens is 442 g/mol. The predicted octanol–water partition coefficient (Wildman–Crippen LogP) is 6.28. The van der Waals surface area contributed by atoms with E-state index in [9.17, 15) is 10.1 Å². The van der Waals surface area contributed by atoms with Crippen molar-refractivity contribution in [2.45, 2.75) is 58.3 Å². The van der Waals surface area contributed by atoms with Crippen LogP contribution in [0.5, 0.6) is 5.75 Å². The number of nitrogens with zero attached hydrogens (tertiary/aromatic N) is 2. The second-order valence-electron chi connectivity index (χ2n) is 9.73. The molecule has 1 saturated carbocycles. The first-order valence-electron chi connectivity index (χ1n) is 12.3. The topological polar surface area (TPSA) is 85.5 Å². The van der Waals surface area contributed by atoms with Crippen LogP contribution in [0.15, 0.2) is 42.5 Å². The lowest BCUT2D eigenvalue weighted by Crippen LogP contribution is -2.21. The SMILES string of the molecule is CC(C)n1c(-c2ccc(NC(=O)O[C@H](C)C3CC3)cc2)c(C#N)c2ccc(O[C@H]3CCOC3)cc21. The van der Waals surface area contributed by atoms with Gasteiger partial charge in [0, 0.05) is 29.6 Å². The van der Waals surface area contributed by atoms with Gasteiger partial charge in [0.15, 0.2) is 0 Å². The largest absolute Gasteiger partial charge is 0.488 e. The number of carbonyl (C=O) groups excluding carboxylic acids is 1. The number of benzene rings is 2. The first kappa shape index (κ1) is 23.3. The number of nitriles is 1. The van der Waals surface area contributed by atoms with E-state index in [0.29, 0.717) is 23.8 Å². The summed E-state index contributed by atoms with van der Waals surface area (Å²) < 4.78 is 19.2. The lowest BCUT2D eigenvalue weighted by molar-refractivity contribution is 0.108. The average Bonchev–Trinajstić information content (AvgIpc) is 3.47. The standard InChI is InChI=1S/C28H31N3O4/c1-17(2)31-26-14-22(35-23-12-13-33-16-23)10-11-24(26)25(15-29)27(31)20-6-8-21(9-7-20)30-28(32)34-18(3)19-4-5-19/h6-11,14,17-19,23H,4-5,12-13,16H2,1-3H3,(H,30,32)/t18-,23+/m1/s1. The maximum absolute atomic E-state index is 12.2. The van der Waals surface area contributed by atoms with Gasteiger partial charge in [-0.1, -0.05) is 12.1 Å². The zero-order chi connectivity index (χ0) is 24.5. The molecule has 3 aromatic rings. The van der Waals surface area contributed by atoms with E-state index in [0.717, 1.165) is 53.8 Å². The Hall–Kier alpha value is -3.50. The Morgan fingerprint density at radius 3 is 2.54 bits per heavy atom. The monoisotopic (exact) mass is 473 g/mol. The van der Waals surface area contributed by atoms with Gasteiger partial charge in [-0.25, -0.2) is 4.79 Å². The smallest absolute Gasteiger partial charge is 0.411 e. The Morgan fingerprint density at radius 2 is 1.91 bits per heavy atom. The van der Waals surface area contributed by atoms with Gasteiger partial charge in [0.05, 0.1) is 30.0 Å². The minimum atomic E-state index is -0.439. The van der Waals surface area contributed by atoms with Crippen LogP contribution < -0.4 is 10.1 Å². The summed E-state index contributed by atoms with van der Waals surface area (Å²) in [6, 6.07) is 16.0. The first-order valence-corrected chi connectivity index (χ1v) is 12.3. The van der Waals surface area contributed by atoms with Crippen LogP contribution in [0.25, 0.3) is 22.2 Å². The number of amides is 1. The highest BCUT2D eigenvalue weighted by molar-refractivity contribution is 5.95. The van der Waals surface area contributed by atoms with Crippen molar-refractivity contribution in [3.05, 3.63) is 48.0 Å². The lowest BCUT2D eigenvalue weighted by Gasteiger charge is -2.17. The fourth-order valence-corrected chi connectivity index (χ4v) is 4.78. The summed E-state index contributed by atoms with van der Waals surface area (Å²) in [6.45, 7) is 7.47. The van der Waals surface area contributed by atoms with Gasteiger partial charge in [0.2, 0.25) is 0 Å². The second kappa shape index (κ2) is 9.63. The van der Waals surface area contributed by atoms with Gasteiger partial charge in [-0.3, -0.25) is 5.32 Å². The molecule has 1 aliphatic heterocycles. The number of rotatable bonds is 7. The number of aromatic nitrogens is 1. The summed E-state index contributed by atoms with van der Waals surface area (Å²) in [4.78, 5) is 12.2. The number of nitrogens with one attached hydrogen (secondary N) is 1. The Morgan fingerprint density at radius 1 is 1.14 bits per heavy atom. The molecular formula is C28H31N3O4. The van der Waals surface area contributed by atoms with Crippen molar-refractivity contribution in [2.24, 2.45) is 5.92 Å². The van der Waals surface area contributed by atoms with Gasteiger partial charge >= 0.3 is 6.09 Å². The van der Waals surface area contributed by atoms with E-state index < -0.39 is 6.09 Å². The summed E-state index contributed by atoms with van der Waals surface area (Å²) in [7, 11) is 0. The fourth-order valence-electron chi connectivity index (χ4n) is 4.78. The van der Waals surface area contributed by atoms with E-state index in [-0.39, 0.29) is 18.2 Å². The fraction of sp³-hybridized carbons (Fsp3) is 0.429. The Kier molecular flexibility index (Phi) is 6.40. The third-order valence-electron chi connectivity index (χ3n) is 6.78. The number of carbonyl (C=O) groups is 1. The van der Waals surface area contributed by atoms with E-state index in [1.54, 1.807) is 0 Å². The summed E-state index contributed by atoms with van der Waals surface area (Å²) in [5.74, 6) is 1.27. The van der Waals surface area contributed by atoms with Crippen LogP contribution in [0.2, 0.25) is 0 Å². The molecule has 1 aromatic heterocycles. The minimum absolute atomic E-state index is 0.0591. The van der Waals surface area contributed by atoms with Gasteiger partial charge < -0.3 is 18.8 Å². The normalized spacial score (nSPS) is 18.4. The molecule has 2 fully saturated rings. The van der Waals surface area contributed by atoms with Crippen LogP contribution in [-0.4, -0.2) is 36.1 Å². The van der Waals surface area contributed by atoms with Crippen molar-refractivity contribution >= 4 is 22.7 Å². The molecule has 35 heavy (non-hydrogen) atoms. The van der Waals surface area contributed by atoms with E-state index in [2.05, 4.69) is 29.8 Å². The maximum Gasteiger partial charge on any atom is 0.411 e. The van der Waals surface area contributed by atoms with Crippen LogP contribution in [0.3, 0.4) is 0 Å². The number of ether oxygens (including phenoxy) is 3. The number of hydrogen-bond acceptors (Lipinski definition) is 5. The van der Waals surface area contributed by atoms with Crippen LogP contribution in [-0.2, 0) is 9.47 Å². The summed E-state index contributed by atoms with van der Waals surface area (Å²) in [5.41, 5.74) is 4.01. The summed E-state index contributed by atoms with van der Waals surface area (Å²) in [5, 5.41) is 13.8. The van der Waals surface area contributed by atoms with Crippen molar-refractivity contribution in [2.75, 3.05) is 18.5 Å². The van der Waals surface area contributed by atoms with Gasteiger partial charge in [-0.05, 0) is 69.4 Å². The number of anilines is 1. The van der Waals surface area contributed by atoms with Crippen LogP contribution in [0.1, 0.15) is 51.6 Å². The molecule has 1 aliphatic carbocycles. The van der Waals surface area contributed by atoms with Crippen LogP contribution in [0.4, 0.5) is 10.5 Å². The molecule has 7 heteroatoms. The maximum atomic E-state index is 12.2. The van der Waals surface area contributed by atoms with E-state index >= 15 is 0 Å². The van der Waals surface area contributed by atoms with Gasteiger partial charge in [-0.15, -0.1) is 0 Å². The number of fused-ring (bicyclic) bond motifs is 1. The van der Waals surface area contributed by atoms with Crippen LogP contribution in [0, 0.1) is 17.2 Å². The molecule has 2 aromatic carbocycles. The molecule has 0 unspecified atom stereocenters. The molecule has 5 rings (SSSR count). The Labute approximate surface area is 205 Å². The van der Waals surface area contributed by atoms with Crippen molar-refractivity contribution in [1.29, 1.82) is 5.26 Å². The van der Waals surface area contributed by atoms with Gasteiger partial charge in [-0.2, -0.15) is 5.26 Å². The second-order valence-corrected chi connectivity index (χ2v) is 9.73.